The molecule has 0 fully saturated rings. The standard InChI is InChI=1S/C21H12Br2ClIN2O2/c22-12-8-15(20(25)16(23)9-12)21(28)26-14-5-6-18-17(10-14)27-19(29-18)7-11-1-3-13(24)4-2-11/h1-6,8-10H,7H2,(H,26,28). The van der Waals surface area contributed by atoms with Crippen molar-refractivity contribution in [3.63, 3.8) is 0 Å². The molecule has 3 aromatic carbocycles. The van der Waals surface area contributed by atoms with Gasteiger partial charge in [0.25, 0.3) is 5.91 Å². The molecule has 29 heavy (non-hydrogen) atoms. The minimum atomic E-state index is -0.194. The molecule has 4 nitrogen and oxygen atoms in total. The first-order valence-electron chi connectivity index (χ1n) is 8.49. The van der Waals surface area contributed by atoms with Crippen LogP contribution in [-0.2, 0) is 6.42 Å². The Morgan fingerprint density at radius 1 is 1.10 bits per heavy atom. The van der Waals surface area contributed by atoms with Gasteiger partial charge in [-0.1, -0.05) is 39.7 Å². The number of nitrogens with zero attached hydrogens (tertiary/aromatic N) is 1. The molecule has 146 valence electrons. The summed E-state index contributed by atoms with van der Waals surface area (Å²) in [5.41, 5.74) is 3.66. The van der Waals surface area contributed by atoms with Gasteiger partial charge in [0.05, 0.1) is 5.56 Å². The van der Waals surface area contributed by atoms with Crippen molar-refractivity contribution in [2.24, 2.45) is 0 Å². The molecule has 0 atom stereocenters. The van der Waals surface area contributed by atoms with Gasteiger partial charge in [0, 0.05) is 29.6 Å². The fourth-order valence-corrected chi connectivity index (χ4v) is 4.73. The van der Waals surface area contributed by atoms with Crippen LogP contribution in [-0.4, -0.2) is 10.9 Å². The van der Waals surface area contributed by atoms with Crippen LogP contribution in [0, 0.1) is 3.57 Å². The minimum absolute atomic E-state index is 0.194. The summed E-state index contributed by atoms with van der Waals surface area (Å²) in [6.07, 6.45) is 0.567. The molecule has 1 heterocycles. The van der Waals surface area contributed by atoms with Gasteiger partial charge in [0.2, 0.25) is 0 Å². The van der Waals surface area contributed by atoms with Crippen molar-refractivity contribution in [3.05, 3.63) is 89.2 Å². The summed E-state index contributed by atoms with van der Waals surface area (Å²) in [4.78, 5) is 17.3. The van der Waals surface area contributed by atoms with Gasteiger partial charge in [-0.25, -0.2) is 4.98 Å². The Hall–Kier alpha value is -1.42. The Labute approximate surface area is 202 Å². The maximum atomic E-state index is 12.7. The van der Waals surface area contributed by atoms with Crippen molar-refractivity contribution in [2.75, 3.05) is 5.32 Å². The predicted octanol–water partition coefficient (Wildman–Crippen LogP) is 7.45. The van der Waals surface area contributed by atoms with E-state index in [9.17, 15) is 4.79 Å². The van der Waals surface area contributed by atoms with Crippen molar-refractivity contribution in [1.82, 2.24) is 4.98 Å². The zero-order chi connectivity index (χ0) is 20.5. The molecule has 1 N–H and O–H groups in total. The van der Waals surface area contributed by atoms with Crippen LogP contribution in [0.2, 0.25) is 5.02 Å². The maximum absolute atomic E-state index is 12.7. The number of hydrogen-bond donors (Lipinski definition) is 1. The maximum Gasteiger partial charge on any atom is 0.256 e. The number of hydrogen-bond acceptors (Lipinski definition) is 3. The second kappa shape index (κ2) is 8.75. The average molecular weight is 647 g/mol. The number of nitrogens with one attached hydrogen (secondary N) is 1. The molecule has 0 aliphatic carbocycles. The van der Waals surface area contributed by atoms with E-state index in [1.807, 2.05) is 42.5 Å². The summed E-state index contributed by atoms with van der Waals surface area (Å²) in [6, 6.07) is 16.7. The van der Waals surface area contributed by atoms with Crippen molar-refractivity contribution >= 4 is 88.7 Å². The number of amides is 1. The summed E-state index contributed by atoms with van der Waals surface area (Å²) in [5.74, 6) is 0.414. The van der Waals surface area contributed by atoms with E-state index in [0.29, 0.717) is 39.7 Å². The number of rotatable bonds is 4. The lowest BCUT2D eigenvalue weighted by molar-refractivity contribution is 0.102. The fraction of sp³-hybridized carbons (Fsp3) is 0.0476. The molecule has 1 amide bonds. The lowest BCUT2D eigenvalue weighted by atomic mass is 10.1. The zero-order valence-electron chi connectivity index (χ0n) is 14.7. The summed E-state index contributed by atoms with van der Waals surface area (Å²) in [5, 5.41) is 3.62. The van der Waals surface area contributed by atoms with Gasteiger partial charge in [-0.05, 0) is 86.5 Å². The number of oxazole rings is 1. The SMILES string of the molecule is O=C(Nc1ccc2oc(Cc3ccc(Cl)cc3)nc2c1)c1cc(Br)cc(Br)c1I. The minimum Gasteiger partial charge on any atom is -0.440 e. The van der Waals surface area contributed by atoms with Crippen LogP contribution in [0.25, 0.3) is 11.1 Å². The first kappa shape index (κ1) is 20.8. The molecule has 0 saturated heterocycles. The molecular formula is C21H12Br2ClIN2O2. The summed E-state index contributed by atoms with van der Waals surface area (Å²) in [7, 11) is 0. The van der Waals surface area contributed by atoms with Crippen molar-refractivity contribution in [1.29, 1.82) is 0 Å². The van der Waals surface area contributed by atoms with Crippen LogP contribution in [0.3, 0.4) is 0 Å². The van der Waals surface area contributed by atoms with Gasteiger partial charge in [-0.2, -0.15) is 0 Å². The molecule has 4 aromatic rings. The van der Waals surface area contributed by atoms with Gasteiger partial charge in [-0.3, -0.25) is 4.79 Å². The highest BCUT2D eigenvalue weighted by atomic mass is 127. The van der Waals surface area contributed by atoms with Crippen molar-refractivity contribution in [2.45, 2.75) is 6.42 Å². The first-order valence-corrected chi connectivity index (χ1v) is 11.5. The van der Waals surface area contributed by atoms with Gasteiger partial charge in [-0.15, -0.1) is 0 Å². The van der Waals surface area contributed by atoms with E-state index < -0.39 is 0 Å². The number of carbonyl (C=O) groups is 1. The number of carbonyl (C=O) groups excluding carboxylic acids is 1. The highest BCUT2D eigenvalue weighted by Gasteiger charge is 2.15. The Balaban J connectivity index is 1.56. The number of aromatic nitrogens is 1. The van der Waals surface area contributed by atoms with Gasteiger partial charge >= 0.3 is 0 Å². The molecule has 0 spiro atoms. The van der Waals surface area contributed by atoms with Crippen LogP contribution < -0.4 is 5.32 Å². The van der Waals surface area contributed by atoms with E-state index in [1.54, 1.807) is 12.1 Å². The molecule has 8 heteroatoms. The molecule has 1 aromatic heterocycles. The number of halogens is 4. The van der Waals surface area contributed by atoms with E-state index in [-0.39, 0.29) is 5.91 Å². The molecule has 0 bridgehead atoms. The smallest absolute Gasteiger partial charge is 0.256 e. The lowest BCUT2D eigenvalue weighted by Gasteiger charge is -2.09. The largest absolute Gasteiger partial charge is 0.440 e. The zero-order valence-corrected chi connectivity index (χ0v) is 20.8. The molecular weight excluding hydrogens is 634 g/mol. The Bertz CT molecular complexity index is 1230. The van der Waals surface area contributed by atoms with Crippen LogP contribution in [0.5, 0.6) is 0 Å². The van der Waals surface area contributed by atoms with Crippen molar-refractivity contribution < 1.29 is 9.21 Å². The average Bonchev–Trinajstić information content (AvgIpc) is 3.08. The Morgan fingerprint density at radius 2 is 1.86 bits per heavy atom. The number of anilines is 1. The monoisotopic (exact) mass is 644 g/mol. The molecule has 0 radical (unpaired) electrons. The van der Waals surface area contributed by atoms with Crippen LogP contribution in [0.15, 0.2) is 68.0 Å². The van der Waals surface area contributed by atoms with E-state index >= 15 is 0 Å². The van der Waals surface area contributed by atoms with Crippen molar-refractivity contribution in [3.8, 4) is 0 Å². The molecule has 0 aliphatic rings. The number of fused-ring (bicyclic) bond motifs is 1. The fourth-order valence-electron chi connectivity index (χ4n) is 2.83. The summed E-state index contributed by atoms with van der Waals surface area (Å²) in [6.45, 7) is 0. The van der Waals surface area contributed by atoms with Gasteiger partial charge in [0.1, 0.15) is 5.52 Å². The summed E-state index contributed by atoms with van der Waals surface area (Å²) >= 11 is 15.0. The van der Waals surface area contributed by atoms with E-state index in [4.69, 9.17) is 16.0 Å². The lowest BCUT2D eigenvalue weighted by Crippen LogP contribution is -2.13. The van der Waals surface area contributed by atoms with Gasteiger partial charge in [0.15, 0.2) is 11.5 Å². The quantitative estimate of drug-likeness (QED) is 0.185. The number of benzene rings is 3. The second-order valence-electron chi connectivity index (χ2n) is 6.30. The first-order chi connectivity index (χ1) is 13.9. The van der Waals surface area contributed by atoms with Crippen LogP contribution in [0.1, 0.15) is 21.8 Å². The third-order valence-corrected chi connectivity index (χ3v) is 7.43. The van der Waals surface area contributed by atoms with E-state index in [0.717, 1.165) is 18.1 Å². The third-order valence-electron chi connectivity index (χ3n) is 4.20. The molecule has 0 saturated carbocycles. The van der Waals surface area contributed by atoms with Gasteiger partial charge < -0.3 is 9.73 Å². The highest BCUT2D eigenvalue weighted by molar-refractivity contribution is 14.1. The Morgan fingerprint density at radius 3 is 2.62 bits per heavy atom. The predicted molar refractivity (Wildman–Crippen MR) is 131 cm³/mol. The summed E-state index contributed by atoms with van der Waals surface area (Å²) < 4.78 is 8.36. The van der Waals surface area contributed by atoms with Crippen LogP contribution >= 0.6 is 66.1 Å². The van der Waals surface area contributed by atoms with Crippen LogP contribution in [0.4, 0.5) is 5.69 Å². The normalized spacial score (nSPS) is 11.0. The van der Waals surface area contributed by atoms with E-state index in [1.165, 1.54) is 0 Å². The topological polar surface area (TPSA) is 55.1 Å². The Kier molecular flexibility index (Phi) is 6.29. The van der Waals surface area contributed by atoms with E-state index in [2.05, 4.69) is 64.8 Å². The third kappa shape index (κ3) is 4.84. The second-order valence-corrected chi connectivity index (χ2v) is 9.58. The molecule has 0 aliphatic heterocycles. The molecule has 0 unspecified atom stereocenters. The molecule has 4 rings (SSSR count). The highest BCUT2D eigenvalue weighted by Crippen LogP contribution is 2.29.